The highest BCUT2D eigenvalue weighted by atomic mass is 16.5. The second kappa shape index (κ2) is 6.11. The van der Waals surface area contributed by atoms with Crippen molar-refractivity contribution in [1.82, 2.24) is 10.2 Å². The number of ether oxygens (including phenoxy) is 1. The van der Waals surface area contributed by atoms with Crippen molar-refractivity contribution < 1.29 is 9.84 Å². The van der Waals surface area contributed by atoms with E-state index in [4.69, 9.17) is 4.74 Å². The van der Waals surface area contributed by atoms with Gasteiger partial charge < -0.3 is 20.1 Å². The van der Waals surface area contributed by atoms with Crippen molar-refractivity contribution in [2.45, 2.75) is 24.4 Å². The average Bonchev–Trinajstić information content (AvgIpc) is 2.61. The Balaban J connectivity index is 1.79. The Morgan fingerprint density at radius 3 is 2.67 bits per heavy atom. The number of benzene rings is 2. The maximum atomic E-state index is 9.59. The fourth-order valence-electron chi connectivity index (χ4n) is 4.14. The smallest absolute Gasteiger partial charge is 0.119 e. The maximum absolute atomic E-state index is 9.59. The number of methoxy groups -OCH3 is 1. The number of nitrogens with one attached hydrogen (secondary N) is 1. The molecule has 126 valence electrons. The Kier molecular flexibility index (Phi) is 3.94. The molecule has 2 N–H and O–H groups in total. The zero-order valence-electron chi connectivity index (χ0n) is 14.2. The summed E-state index contributed by atoms with van der Waals surface area (Å²) in [6.45, 7) is 2.19. The van der Waals surface area contributed by atoms with Gasteiger partial charge in [0, 0.05) is 18.5 Å². The summed E-state index contributed by atoms with van der Waals surface area (Å²) in [7, 11) is 3.92. The summed E-state index contributed by atoms with van der Waals surface area (Å²) < 4.78 is 5.48. The fraction of sp³-hybridized carbons (Fsp3) is 0.400. The first-order valence-electron chi connectivity index (χ1n) is 8.57. The van der Waals surface area contributed by atoms with Gasteiger partial charge in [0.15, 0.2) is 0 Å². The summed E-state index contributed by atoms with van der Waals surface area (Å²) in [4.78, 5) is 2.41. The zero-order valence-corrected chi connectivity index (χ0v) is 14.2. The largest absolute Gasteiger partial charge is 0.508 e. The summed E-state index contributed by atoms with van der Waals surface area (Å²) in [5, 5.41) is 13.4. The number of likely N-dealkylation sites (tertiary alicyclic amines) is 1. The Hall–Kier alpha value is -2.04. The van der Waals surface area contributed by atoms with E-state index in [-0.39, 0.29) is 6.04 Å². The first kappa shape index (κ1) is 15.5. The first-order valence-corrected chi connectivity index (χ1v) is 8.57. The number of rotatable bonds is 2. The van der Waals surface area contributed by atoms with Crippen LogP contribution in [0.1, 0.15) is 35.1 Å². The van der Waals surface area contributed by atoms with E-state index in [1.54, 1.807) is 19.2 Å². The second-order valence-electron chi connectivity index (χ2n) is 6.95. The van der Waals surface area contributed by atoms with E-state index < -0.39 is 0 Å². The van der Waals surface area contributed by atoms with Gasteiger partial charge in [-0.05, 0) is 61.0 Å². The highest BCUT2D eigenvalue weighted by Gasteiger charge is 2.38. The van der Waals surface area contributed by atoms with Crippen LogP contribution in [0.15, 0.2) is 42.5 Å². The predicted molar refractivity (Wildman–Crippen MR) is 94.7 cm³/mol. The number of phenolic OH excluding ortho intramolecular Hbond substituents is 1. The van der Waals surface area contributed by atoms with Crippen molar-refractivity contribution in [2.75, 3.05) is 27.2 Å². The Bertz CT molecular complexity index is 729. The van der Waals surface area contributed by atoms with E-state index in [9.17, 15) is 5.11 Å². The van der Waals surface area contributed by atoms with Gasteiger partial charge in [-0.2, -0.15) is 0 Å². The lowest BCUT2D eigenvalue weighted by atomic mass is 9.76. The minimum absolute atomic E-state index is 0.163. The summed E-state index contributed by atoms with van der Waals surface area (Å²) in [6.07, 6.45) is 1.15. The van der Waals surface area contributed by atoms with Crippen LogP contribution >= 0.6 is 0 Å². The molecule has 1 saturated heterocycles. The number of phenols is 1. The summed E-state index contributed by atoms with van der Waals surface area (Å²) in [5.74, 6) is 1.72. The minimum atomic E-state index is 0.163. The molecule has 3 unspecified atom stereocenters. The molecule has 4 heteroatoms. The molecule has 0 amide bonds. The van der Waals surface area contributed by atoms with Gasteiger partial charge in [-0.1, -0.05) is 18.2 Å². The molecule has 2 aromatic rings. The molecule has 4 rings (SSSR count). The van der Waals surface area contributed by atoms with Crippen molar-refractivity contribution in [2.24, 2.45) is 0 Å². The minimum Gasteiger partial charge on any atom is -0.508 e. The summed E-state index contributed by atoms with van der Waals surface area (Å²) in [5.41, 5.74) is 3.90. The molecule has 3 atom stereocenters. The van der Waals surface area contributed by atoms with Crippen LogP contribution < -0.4 is 10.1 Å². The van der Waals surface area contributed by atoms with Gasteiger partial charge in [0.2, 0.25) is 0 Å². The van der Waals surface area contributed by atoms with Gasteiger partial charge in [0.1, 0.15) is 11.5 Å². The van der Waals surface area contributed by atoms with Crippen molar-refractivity contribution in [3.63, 3.8) is 0 Å². The van der Waals surface area contributed by atoms with Crippen molar-refractivity contribution in [3.05, 3.63) is 59.2 Å². The van der Waals surface area contributed by atoms with Gasteiger partial charge in [0.25, 0.3) is 0 Å². The predicted octanol–water partition coefficient (Wildman–Crippen LogP) is 2.88. The first-order chi connectivity index (χ1) is 11.7. The van der Waals surface area contributed by atoms with E-state index >= 15 is 0 Å². The van der Waals surface area contributed by atoms with Crippen molar-refractivity contribution in [3.8, 4) is 11.5 Å². The van der Waals surface area contributed by atoms with Gasteiger partial charge >= 0.3 is 0 Å². The third kappa shape index (κ3) is 2.66. The van der Waals surface area contributed by atoms with E-state index in [1.165, 1.54) is 16.7 Å². The molecule has 1 fully saturated rings. The number of hydrogen-bond donors (Lipinski definition) is 2. The molecule has 0 saturated carbocycles. The topological polar surface area (TPSA) is 44.7 Å². The second-order valence-corrected chi connectivity index (χ2v) is 6.95. The third-order valence-electron chi connectivity index (χ3n) is 5.43. The standard InChI is InChI=1S/C20H24N2O2/c1-22-10-9-19-18(12-22)17-11-15(24-2)7-8-16(17)20(21-19)13-3-5-14(23)6-4-13/h3-8,11,18-21,23H,9-10,12H2,1-2H3. The van der Waals surface area contributed by atoms with Crippen LogP contribution in [0.3, 0.4) is 0 Å². The van der Waals surface area contributed by atoms with E-state index in [2.05, 4.69) is 29.4 Å². The van der Waals surface area contributed by atoms with Crippen molar-refractivity contribution >= 4 is 0 Å². The molecule has 2 aromatic carbocycles. The summed E-state index contributed by atoms with van der Waals surface area (Å²) >= 11 is 0. The van der Waals surface area contributed by atoms with Crippen LogP contribution in [0.5, 0.6) is 11.5 Å². The number of hydrogen-bond acceptors (Lipinski definition) is 4. The fourth-order valence-corrected chi connectivity index (χ4v) is 4.14. The lowest BCUT2D eigenvalue weighted by Crippen LogP contribution is -2.51. The molecule has 2 aliphatic heterocycles. The molecule has 0 aliphatic carbocycles. The molecule has 24 heavy (non-hydrogen) atoms. The number of fused-ring (bicyclic) bond motifs is 3. The highest BCUT2D eigenvalue weighted by Crippen LogP contribution is 2.41. The Labute approximate surface area is 143 Å². The van der Waals surface area contributed by atoms with Crippen LogP contribution in [0.2, 0.25) is 0 Å². The van der Waals surface area contributed by atoms with E-state index in [0.717, 1.165) is 25.3 Å². The molecular formula is C20H24N2O2. The molecular weight excluding hydrogens is 300 g/mol. The third-order valence-corrected chi connectivity index (χ3v) is 5.43. The maximum Gasteiger partial charge on any atom is 0.119 e. The number of likely N-dealkylation sites (N-methyl/N-ethyl adjacent to an activating group) is 1. The summed E-state index contributed by atoms with van der Waals surface area (Å²) in [6, 6.07) is 14.6. The Morgan fingerprint density at radius 1 is 1.12 bits per heavy atom. The lowest BCUT2D eigenvalue weighted by Gasteiger charge is -2.45. The molecule has 4 nitrogen and oxygen atoms in total. The Morgan fingerprint density at radius 2 is 1.92 bits per heavy atom. The number of aromatic hydroxyl groups is 1. The lowest BCUT2D eigenvalue weighted by molar-refractivity contribution is 0.190. The normalized spacial score (nSPS) is 26.5. The van der Waals surface area contributed by atoms with Crippen LogP contribution in [0, 0.1) is 0 Å². The molecule has 0 aromatic heterocycles. The van der Waals surface area contributed by atoms with Gasteiger partial charge in [-0.3, -0.25) is 0 Å². The van der Waals surface area contributed by atoms with Gasteiger partial charge in [-0.25, -0.2) is 0 Å². The van der Waals surface area contributed by atoms with E-state index in [1.807, 2.05) is 18.2 Å². The van der Waals surface area contributed by atoms with Crippen LogP contribution in [-0.2, 0) is 0 Å². The molecule has 0 spiro atoms. The van der Waals surface area contributed by atoms with Crippen LogP contribution in [0.25, 0.3) is 0 Å². The van der Waals surface area contributed by atoms with Crippen molar-refractivity contribution in [1.29, 1.82) is 0 Å². The molecule has 2 heterocycles. The average molecular weight is 324 g/mol. The van der Waals surface area contributed by atoms with Gasteiger partial charge in [-0.15, -0.1) is 0 Å². The highest BCUT2D eigenvalue weighted by molar-refractivity contribution is 5.47. The zero-order chi connectivity index (χ0) is 16.7. The quantitative estimate of drug-likeness (QED) is 0.892. The number of nitrogens with zero attached hydrogens (tertiary/aromatic N) is 1. The number of piperidine rings is 1. The SMILES string of the molecule is COc1ccc2c(c1)C1CN(C)CCC1NC2c1ccc(O)cc1. The van der Waals surface area contributed by atoms with Crippen LogP contribution in [0.4, 0.5) is 0 Å². The molecule has 0 radical (unpaired) electrons. The van der Waals surface area contributed by atoms with Crippen LogP contribution in [-0.4, -0.2) is 43.3 Å². The molecule has 2 aliphatic rings. The van der Waals surface area contributed by atoms with E-state index in [0.29, 0.717) is 17.7 Å². The molecule has 0 bridgehead atoms. The van der Waals surface area contributed by atoms with Gasteiger partial charge in [0.05, 0.1) is 13.2 Å². The monoisotopic (exact) mass is 324 g/mol.